The zero-order chi connectivity index (χ0) is 13.4. The van der Waals surface area contributed by atoms with Crippen molar-refractivity contribution >= 4 is 6.09 Å². The van der Waals surface area contributed by atoms with Crippen LogP contribution in [0.1, 0.15) is 12.5 Å². The largest absolute Gasteiger partial charge is 0.453 e. The summed E-state index contributed by atoms with van der Waals surface area (Å²) in [6.07, 6.45) is -0.389. The van der Waals surface area contributed by atoms with Crippen LogP contribution in [-0.2, 0) is 4.74 Å². The SMILES string of the molecule is C=C(C)CN(CC#Cc1ccccc1)C(=O)OC. The van der Waals surface area contributed by atoms with E-state index in [4.69, 9.17) is 4.74 Å². The second-order valence-electron chi connectivity index (χ2n) is 3.95. The maximum atomic E-state index is 11.5. The molecule has 1 aromatic rings. The van der Waals surface area contributed by atoms with Crippen LogP contribution < -0.4 is 0 Å². The van der Waals surface area contributed by atoms with Crippen molar-refractivity contribution in [1.29, 1.82) is 0 Å². The second-order valence-corrected chi connectivity index (χ2v) is 3.95. The van der Waals surface area contributed by atoms with E-state index in [1.54, 1.807) is 0 Å². The molecule has 1 rings (SSSR count). The molecule has 0 aliphatic rings. The Morgan fingerprint density at radius 1 is 1.39 bits per heavy atom. The predicted octanol–water partition coefficient (Wildman–Crippen LogP) is 2.68. The number of carbonyl (C=O) groups excluding carboxylic acids is 1. The summed E-state index contributed by atoms with van der Waals surface area (Å²) in [6, 6.07) is 9.64. The minimum Gasteiger partial charge on any atom is -0.453 e. The molecule has 0 saturated carbocycles. The lowest BCUT2D eigenvalue weighted by Gasteiger charge is -2.18. The highest BCUT2D eigenvalue weighted by Crippen LogP contribution is 1.99. The van der Waals surface area contributed by atoms with Gasteiger partial charge in [0.25, 0.3) is 0 Å². The van der Waals surface area contributed by atoms with Crippen molar-refractivity contribution < 1.29 is 9.53 Å². The van der Waals surface area contributed by atoms with Gasteiger partial charge in [0.2, 0.25) is 0 Å². The molecule has 18 heavy (non-hydrogen) atoms. The first kappa shape index (κ1) is 13.9. The highest BCUT2D eigenvalue weighted by molar-refractivity contribution is 5.68. The summed E-state index contributed by atoms with van der Waals surface area (Å²) in [5, 5.41) is 0. The number of rotatable bonds is 3. The molecule has 1 amide bonds. The van der Waals surface area contributed by atoms with Crippen molar-refractivity contribution in [2.24, 2.45) is 0 Å². The summed E-state index contributed by atoms with van der Waals surface area (Å²) in [4.78, 5) is 13.0. The molecule has 1 aromatic carbocycles. The van der Waals surface area contributed by atoms with Crippen LogP contribution in [0.15, 0.2) is 42.5 Å². The molecule has 0 spiro atoms. The first-order valence-electron chi connectivity index (χ1n) is 5.64. The Hall–Kier alpha value is -2.21. The number of hydrogen-bond donors (Lipinski definition) is 0. The Labute approximate surface area is 108 Å². The third kappa shape index (κ3) is 4.75. The number of amides is 1. The van der Waals surface area contributed by atoms with Crippen LogP contribution in [-0.4, -0.2) is 31.2 Å². The average Bonchev–Trinajstić information content (AvgIpc) is 2.37. The number of carbonyl (C=O) groups is 1. The lowest BCUT2D eigenvalue weighted by molar-refractivity contribution is 0.132. The van der Waals surface area contributed by atoms with Crippen molar-refractivity contribution in [3.05, 3.63) is 48.0 Å². The van der Waals surface area contributed by atoms with E-state index in [0.717, 1.165) is 11.1 Å². The van der Waals surface area contributed by atoms with Gasteiger partial charge in [0, 0.05) is 12.1 Å². The number of benzene rings is 1. The third-order valence-electron chi connectivity index (χ3n) is 2.17. The first-order valence-corrected chi connectivity index (χ1v) is 5.64. The summed E-state index contributed by atoms with van der Waals surface area (Å²) in [5.74, 6) is 5.95. The molecule has 0 unspecified atom stereocenters. The van der Waals surface area contributed by atoms with Crippen molar-refractivity contribution in [1.82, 2.24) is 4.90 Å². The van der Waals surface area contributed by atoms with E-state index in [2.05, 4.69) is 18.4 Å². The molecule has 0 bridgehead atoms. The van der Waals surface area contributed by atoms with E-state index >= 15 is 0 Å². The summed E-state index contributed by atoms with van der Waals surface area (Å²) in [5.41, 5.74) is 1.82. The zero-order valence-electron chi connectivity index (χ0n) is 10.8. The maximum Gasteiger partial charge on any atom is 0.410 e. The van der Waals surface area contributed by atoms with Crippen LogP contribution in [0.4, 0.5) is 4.79 Å². The van der Waals surface area contributed by atoms with Gasteiger partial charge < -0.3 is 4.74 Å². The number of nitrogens with zero attached hydrogens (tertiary/aromatic N) is 1. The van der Waals surface area contributed by atoms with E-state index in [1.165, 1.54) is 12.0 Å². The van der Waals surface area contributed by atoms with Gasteiger partial charge in [0.05, 0.1) is 13.7 Å². The lowest BCUT2D eigenvalue weighted by Crippen LogP contribution is -2.32. The van der Waals surface area contributed by atoms with Crippen molar-refractivity contribution in [2.45, 2.75) is 6.92 Å². The van der Waals surface area contributed by atoms with Gasteiger partial charge >= 0.3 is 6.09 Å². The van der Waals surface area contributed by atoms with Gasteiger partial charge in [0.1, 0.15) is 0 Å². The Morgan fingerprint density at radius 3 is 2.61 bits per heavy atom. The third-order valence-corrected chi connectivity index (χ3v) is 2.17. The quantitative estimate of drug-likeness (QED) is 0.603. The molecule has 0 aromatic heterocycles. The molecule has 0 radical (unpaired) electrons. The molecule has 0 N–H and O–H groups in total. The van der Waals surface area contributed by atoms with E-state index in [-0.39, 0.29) is 6.09 Å². The van der Waals surface area contributed by atoms with Crippen LogP contribution >= 0.6 is 0 Å². The van der Waals surface area contributed by atoms with E-state index in [0.29, 0.717) is 13.1 Å². The van der Waals surface area contributed by atoms with E-state index < -0.39 is 0 Å². The van der Waals surface area contributed by atoms with Crippen molar-refractivity contribution in [3.63, 3.8) is 0 Å². The number of ether oxygens (including phenoxy) is 1. The predicted molar refractivity (Wildman–Crippen MR) is 72.1 cm³/mol. The van der Waals surface area contributed by atoms with Crippen LogP contribution in [0, 0.1) is 11.8 Å². The van der Waals surface area contributed by atoms with E-state index in [9.17, 15) is 4.79 Å². The van der Waals surface area contributed by atoms with Gasteiger partial charge in [-0.1, -0.05) is 42.2 Å². The fourth-order valence-electron chi connectivity index (χ4n) is 1.40. The fraction of sp³-hybridized carbons (Fsp3) is 0.267. The highest BCUT2D eigenvalue weighted by Gasteiger charge is 2.11. The summed E-state index contributed by atoms with van der Waals surface area (Å²) >= 11 is 0. The molecule has 0 aliphatic carbocycles. The monoisotopic (exact) mass is 243 g/mol. The smallest absolute Gasteiger partial charge is 0.410 e. The molecule has 0 aliphatic heterocycles. The fourth-order valence-corrected chi connectivity index (χ4v) is 1.40. The second kappa shape index (κ2) is 7.18. The zero-order valence-corrected chi connectivity index (χ0v) is 10.8. The Morgan fingerprint density at radius 2 is 2.06 bits per heavy atom. The van der Waals surface area contributed by atoms with Crippen molar-refractivity contribution in [2.75, 3.05) is 20.2 Å². The van der Waals surface area contributed by atoms with Gasteiger partial charge in [-0.25, -0.2) is 4.79 Å². The normalized spacial score (nSPS) is 9.00. The summed E-state index contributed by atoms with van der Waals surface area (Å²) < 4.78 is 4.69. The van der Waals surface area contributed by atoms with Crippen LogP contribution in [0.2, 0.25) is 0 Å². The van der Waals surface area contributed by atoms with Crippen molar-refractivity contribution in [3.8, 4) is 11.8 Å². The standard InChI is InChI=1S/C15H17NO2/c1-13(2)12-16(15(17)18-3)11-7-10-14-8-5-4-6-9-14/h4-6,8-9H,1,11-12H2,2-3H3. The summed E-state index contributed by atoms with van der Waals surface area (Å²) in [7, 11) is 1.36. The van der Waals surface area contributed by atoms with Gasteiger partial charge in [-0.3, -0.25) is 4.90 Å². The lowest BCUT2D eigenvalue weighted by atomic mass is 10.2. The number of methoxy groups -OCH3 is 1. The molecule has 0 heterocycles. The minimum absolute atomic E-state index is 0.328. The van der Waals surface area contributed by atoms with Gasteiger partial charge in [-0.15, -0.1) is 0 Å². The Balaban J connectivity index is 2.65. The molecular weight excluding hydrogens is 226 g/mol. The molecule has 3 heteroatoms. The molecule has 0 fully saturated rings. The highest BCUT2D eigenvalue weighted by atomic mass is 16.5. The van der Waals surface area contributed by atoms with Crippen LogP contribution in [0.5, 0.6) is 0 Å². The summed E-state index contributed by atoms with van der Waals surface area (Å²) in [6.45, 7) is 6.42. The van der Waals surface area contributed by atoms with Crippen LogP contribution in [0.25, 0.3) is 0 Å². The number of hydrogen-bond acceptors (Lipinski definition) is 2. The minimum atomic E-state index is -0.389. The van der Waals surface area contributed by atoms with Gasteiger partial charge in [-0.05, 0) is 19.1 Å². The van der Waals surface area contributed by atoms with E-state index in [1.807, 2.05) is 37.3 Å². The average molecular weight is 243 g/mol. The molecule has 94 valence electrons. The van der Waals surface area contributed by atoms with Gasteiger partial charge in [-0.2, -0.15) is 0 Å². The van der Waals surface area contributed by atoms with Crippen LogP contribution in [0.3, 0.4) is 0 Å². The maximum absolute atomic E-state index is 11.5. The Kier molecular flexibility index (Phi) is 5.53. The Bertz CT molecular complexity index is 468. The topological polar surface area (TPSA) is 29.5 Å². The first-order chi connectivity index (χ1) is 8.63. The molecule has 3 nitrogen and oxygen atoms in total. The van der Waals surface area contributed by atoms with Gasteiger partial charge in [0.15, 0.2) is 0 Å². The molecular formula is C15H17NO2. The molecule has 0 saturated heterocycles. The molecule has 0 atom stereocenters.